The van der Waals surface area contributed by atoms with Gasteiger partial charge in [-0.15, -0.1) is 0 Å². The van der Waals surface area contributed by atoms with E-state index in [0.717, 1.165) is 18.7 Å². The van der Waals surface area contributed by atoms with E-state index >= 15 is 0 Å². The Kier molecular flexibility index (Phi) is 3.09. The van der Waals surface area contributed by atoms with Crippen LogP contribution in [0.4, 0.5) is 5.69 Å². The molecule has 0 saturated heterocycles. The topological polar surface area (TPSA) is 46.3 Å². The molecule has 0 unspecified atom stereocenters. The van der Waals surface area contributed by atoms with E-state index in [4.69, 9.17) is 5.73 Å². The lowest BCUT2D eigenvalue weighted by Crippen LogP contribution is -2.36. The van der Waals surface area contributed by atoms with Crippen LogP contribution in [0, 0.1) is 0 Å². The van der Waals surface area contributed by atoms with Crippen molar-refractivity contribution in [2.75, 3.05) is 18.5 Å². The summed E-state index contributed by atoms with van der Waals surface area (Å²) in [4.78, 5) is 13.6. The standard InChI is InChI=1S/C16H22N2O/c1-18-14-6-4-5-13(12(14)7-8-15(18)19)16(11-17)9-2-3-10-16/h4-6H,2-3,7-11,17H2,1H3. The number of carbonyl (C=O) groups is 1. The second kappa shape index (κ2) is 4.64. The highest BCUT2D eigenvalue weighted by Gasteiger charge is 2.37. The van der Waals surface area contributed by atoms with Gasteiger partial charge in [-0.25, -0.2) is 0 Å². The summed E-state index contributed by atoms with van der Waals surface area (Å²) >= 11 is 0. The molecule has 1 amide bonds. The maximum absolute atomic E-state index is 11.8. The van der Waals surface area contributed by atoms with Gasteiger partial charge in [-0.3, -0.25) is 4.79 Å². The van der Waals surface area contributed by atoms with Gasteiger partial charge in [0.15, 0.2) is 0 Å². The van der Waals surface area contributed by atoms with Crippen molar-refractivity contribution in [3.05, 3.63) is 29.3 Å². The van der Waals surface area contributed by atoms with Gasteiger partial charge in [0.1, 0.15) is 0 Å². The van der Waals surface area contributed by atoms with Crippen LogP contribution in [0.25, 0.3) is 0 Å². The molecule has 2 aliphatic rings. The van der Waals surface area contributed by atoms with Gasteiger partial charge < -0.3 is 10.6 Å². The Morgan fingerprint density at radius 3 is 2.68 bits per heavy atom. The van der Waals surface area contributed by atoms with Crippen LogP contribution in [0.15, 0.2) is 18.2 Å². The highest BCUT2D eigenvalue weighted by molar-refractivity contribution is 5.96. The predicted molar refractivity (Wildman–Crippen MR) is 77.4 cm³/mol. The molecule has 3 rings (SSSR count). The summed E-state index contributed by atoms with van der Waals surface area (Å²) in [6.07, 6.45) is 6.43. The Morgan fingerprint density at radius 2 is 2.00 bits per heavy atom. The number of hydrogen-bond acceptors (Lipinski definition) is 2. The first-order valence-electron chi connectivity index (χ1n) is 7.27. The minimum atomic E-state index is 0.159. The molecule has 2 N–H and O–H groups in total. The van der Waals surface area contributed by atoms with Crippen LogP contribution >= 0.6 is 0 Å². The maximum atomic E-state index is 11.8. The first-order chi connectivity index (χ1) is 9.18. The molecule has 1 heterocycles. The van der Waals surface area contributed by atoms with Crippen LogP contribution in [0.1, 0.15) is 43.2 Å². The molecular weight excluding hydrogens is 236 g/mol. The first kappa shape index (κ1) is 12.7. The zero-order valence-corrected chi connectivity index (χ0v) is 11.6. The van der Waals surface area contributed by atoms with Crippen LogP contribution in [0.5, 0.6) is 0 Å². The van der Waals surface area contributed by atoms with E-state index in [1.54, 1.807) is 0 Å². The van der Waals surface area contributed by atoms with Crippen molar-refractivity contribution in [2.45, 2.75) is 43.9 Å². The average molecular weight is 258 g/mol. The smallest absolute Gasteiger partial charge is 0.227 e. The second-order valence-corrected chi connectivity index (χ2v) is 5.95. The summed E-state index contributed by atoms with van der Waals surface area (Å²) in [5.74, 6) is 0.220. The Hall–Kier alpha value is -1.35. The number of nitrogens with two attached hydrogens (primary N) is 1. The molecule has 0 atom stereocenters. The molecule has 0 bridgehead atoms. The number of nitrogens with zero attached hydrogens (tertiary/aromatic N) is 1. The van der Waals surface area contributed by atoms with Crippen molar-refractivity contribution in [3.63, 3.8) is 0 Å². The zero-order valence-electron chi connectivity index (χ0n) is 11.6. The average Bonchev–Trinajstić information content (AvgIpc) is 2.92. The molecule has 102 valence electrons. The number of carbonyl (C=O) groups excluding carboxylic acids is 1. The number of rotatable bonds is 2. The molecule has 1 aromatic carbocycles. The first-order valence-corrected chi connectivity index (χ1v) is 7.27. The lowest BCUT2D eigenvalue weighted by molar-refractivity contribution is -0.118. The highest BCUT2D eigenvalue weighted by Crippen LogP contribution is 2.44. The number of amides is 1. The van der Waals surface area contributed by atoms with E-state index in [9.17, 15) is 4.79 Å². The second-order valence-electron chi connectivity index (χ2n) is 5.95. The van der Waals surface area contributed by atoms with Gasteiger partial charge in [0, 0.05) is 31.1 Å². The molecule has 1 aliphatic carbocycles. The molecule has 0 spiro atoms. The largest absolute Gasteiger partial charge is 0.330 e. The minimum absolute atomic E-state index is 0.159. The Bertz CT molecular complexity index is 503. The Balaban J connectivity index is 2.11. The molecule has 0 aromatic heterocycles. The third kappa shape index (κ3) is 1.88. The summed E-state index contributed by atoms with van der Waals surface area (Å²) in [6, 6.07) is 6.38. The fraction of sp³-hybridized carbons (Fsp3) is 0.562. The van der Waals surface area contributed by atoms with Crippen molar-refractivity contribution < 1.29 is 4.79 Å². The molecule has 3 nitrogen and oxygen atoms in total. The monoisotopic (exact) mass is 258 g/mol. The number of hydrogen-bond donors (Lipinski definition) is 1. The van der Waals surface area contributed by atoms with Gasteiger partial charge >= 0.3 is 0 Å². The number of anilines is 1. The molecular formula is C16H22N2O. The van der Waals surface area contributed by atoms with Crippen LogP contribution in [0.3, 0.4) is 0 Å². The lowest BCUT2D eigenvalue weighted by atomic mass is 9.75. The number of fused-ring (bicyclic) bond motifs is 1. The van der Waals surface area contributed by atoms with E-state index in [1.807, 2.05) is 11.9 Å². The van der Waals surface area contributed by atoms with Gasteiger partial charge in [0.25, 0.3) is 0 Å². The lowest BCUT2D eigenvalue weighted by Gasteiger charge is -2.35. The normalized spacial score (nSPS) is 21.6. The van der Waals surface area contributed by atoms with Crippen LogP contribution in [0.2, 0.25) is 0 Å². The van der Waals surface area contributed by atoms with E-state index in [-0.39, 0.29) is 11.3 Å². The Morgan fingerprint density at radius 1 is 1.26 bits per heavy atom. The van der Waals surface area contributed by atoms with Gasteiger partial charge in [0.2, 0.25) is 5.91 Å². The van der Waals surface area contributed by atoms with Gasteiger partial charge in [0.05, 0.1) is 0 Å². The maximum Gasteiger partial charge on any atom is 0.227 e. The van der Waals surface area contributed by atoms with E-state index < -0.39 is 0 Å². The minimum Gasteiger partial charge on any atom is -0.330 e. The summed E-state index contributed by atoms with van der Waals surface area (Å²) in [5.41, 5.74) is 10.1. The molecule has 0 radical (unpaired) electrons. The molecule has 3 heteroatoms. The van der Waals surface area contributed by atoms with Crippen molar-refractivity contribution in [3.8, 4) is 0 Å². The fourth-order valence-corrected chi connectivity index (χ4v) is 3.82. The van der Waals surface area contributed by atoms with Crippen LogP contribution in [-0.4, -0.2) is 19.5 Å². The molecule has 1 fully saturated rings. The Labute approximate surface area is 114 Å². The van der Waals surface area contributed by atoms with Crippen LogP contribution < -0.4 is 10.6 Å². The summed E-state index contributed by atoms with van der Waals surface area (Å²) in [5, 5.41) is 0. The summed E-state index contributed by atoms with van der Waals surface area (Å²) in [7, 11) is 1.88. The third-order valence-corrected chi connectivity index (χ3v) is 5.00. The quantitative estimate of drug-likeness (QED) is 0.885. The van der Waals surface area contributed by atoms with Crippen molar-refractivity contribution >= 4 is 11.6 Å². The van der Waals surface area contributed by atoms with Gasteiger partial charge in [-0.1, -0.05) is 25.0 Å². The molecule has 1 aromatic rings. The van der Waals surface area contributed by atoms with E-state index in [0.29, 0.717) is 6.42 Å². The third-order valence-electron chi connectivity index (χ3n) is 5.00. The summed E-state index contributed by atoms with van der Waals surface area (Å²) in [6.45, 7) is 0.723. The van der Waals surface area contributed by atoms with Crippen LogP contribution in [-0.2, 0) is 16.6 Å². The molecule has 1 saturated carbocycles. The van der Waals surface area contributed by atoms with Crippen molar-refractivity contribution in [1.82, 2.24) is 0 Å². The summed E-state index contributed by atoms with van der Waals surface area (Å²) < 4.78 is 0. The predicted octanol–water partition coefficient (Wildman–Crippen LogP) is 2.37. The number of benzene rings is 1. The van der Waals surface area contributed by atoms with E-state index in [1.165, 1.54) is 36.8 Å². The molecule has 1 aliphatic heterocycles. The fourth-order valence-electron chi connectivity index (χ4n) is 3.82. The van der Waals surface area contributed by atoms with Crippen molar-refractivity contribution in [1.29, 1.82) is 0 Å². The zero-order chi connectivity index (χ0) is 13.5. The van der Waals surface area contributed by atoms with Gasteiger partial charge in [-0.2, -0.15) is 0 Å². The van der Waals surface area contributed by atoms with E-state index in [2.05, 4.69) is 18.2 Å². The SMILES string of the molecule is CN1C(=O)CCc2c1cccc2C1(CN)CCCC1. The highest BCUT2D eigenvalue weighted by atomic mass is 16.2. The van der Waals surface area contributed by atoms with Crippen molar-refractivity contribution in [2.24, 2.45) is 5.73 Å². The van der Waals surface area contributed by atoms with Gasteiger partial charge in [-0.05, 0) is 36.5 Å². The molecule has 19 heavy (non-hydrogen) atoms.